The number of hydrogen-bond acceptors (Lipinski definition) is 4. The van der Waals surface area contributed by atoms with Crippen LogP contribution in [0.4, 0.5) is 0 Å². The summed E-state index contributed by atoms with van der Waals surface area (Å²) in [6.07, 6.45) is 7.57. The quantitative estimate of drug-likeness (QED) is 0.728. The Morgan fingerprint density at radius 2 is 1.62 bits per heavy atom. The first kappa shape index (κ1) is 9.02. The second-order valence-electron chi connectivity index (χ2n) is 6.04. The molecule has 1 aromatic rings. The molecular formula is C12H15NO3. The number of hydrogen-bond donors (Lipinski definition) is 0. The van der Waals surface area contributed by atoms with Crippen molar-refractivity contribution in [2.24, 2.45) is 17.8 Å². The summed E-state index contributed by atoms with van der Waals surface area (Å²) in [6.45, 7) is 0. The maximum atomic E-state index is 11.0. The van der Waals surface area contributed by atoms with Crippen molar-refractivity contribution in [3.05, 3.63) is 16.5 Å². The lowest BCUT2D eigenvalue weighted by Gasteiger charge is -2.54. The SMILES string of the molecule is O=c1onc(C23CC4CC(CC(C4)C2)C3)o1. The molecule has 4 bridgehead atoms. The smallest absolute Gasteiger partial charge is 0.374 e. The molecule has 4 nitrogen and oxygen atoms in total. The molecule has 4 heteroatoms. The maximum absolute atomic E-state index is 11.0. The van der Waals surface area contributed by atoms with E-state index in [9.17, 15) is 4.79 Å². The minimum Gasteiger partial charge on any atom is -0.374 e. The first-order valence-electron chi connectivity index (χ1n) is 6.21. The van der Waals surface area contributed by atoms with Gasteiger partial charge in [-0.3, -0.25) is 4.52 Å². The molecule has 86 valence electrons. The van der Waals surface area contributed by atoms with Crippen LogP contribution >= 0.6 is 0 Å². The van der Waals surface area contributed by atoms with Crippen molar-refractivity contribution in [2.45, 2.75) is 43.9 Å². The molecule has 1 aromatic heterocycles. The van der Waals surface area contributed by atoms with Crippen LogP contribution in [0.3, 0.4) is 0 Å². The molecule has 1 heterocycles. The average molecular weight is 221 g/mol. The minimum absolute atomic E-state index is 0.0426. The van der Waals surface area contributed by atoms with Gasteiger partial charge >= 0.3 is 5.82 Å². The van der Waals surface area contributed by atoms with E-state index in [0.717, 1.165) is 37.0 Å². The molecule has 4 aliphatic rings. The highest BCUT2D eigenvalue weighted by Gasteiger charge is 2.54. The molecule has 0 spiro atoms. The summed E-state index contributed by atoms with van der Waals surface area (Å²) >= 11 is 0. The lowest BCUT2D eigenvalue weighted by atomic mass is 9.49. The lowest BCUT2D eigenvalue weighted by molar-refractivity contribution is -0.0186. The van der Waals surface area contributed by atoms with Crippen molar-refractivity contribution in [1.29, 1.82) is 0 Å². The topological polar surface area (TPSA) is 56.2 Å². The van der Waals surface area contributed by atoms with E-state index in [0.29, 0.717) is 5.89 Å². The van der Waals surface area contributed by atoms with E-state index in [1.54, 1.807) is 0 Å². The number of nitrogens with zero attached hydrogens (tertiary/aromatic N) is 1. The Bertz CT molecular complexity index is 437. The fourth-order valence-corrected chi connectivity index (χ4v) is 4.77. The highest BCUT2D eigenvalue weighted by atomic mass is 16.6. The van der Waals surface area contributed by atoms with Crippen molar-refractivity contribution in [2.75, 3.05) is 0 Å². The molecule has 5 rings (SSSR count). The zero-order valence-electron chi connectivity index (χ0n) is 9.15. The van der Waals surface area contributed by atoms with Crippen LogP contribution in [0.25, 0.3) is 0 Å². The summed E-state index contributed by atoms with van der Waals surface area (Å²) < 4.78 is 9.72. The van der Waals surface area contributed by atoms with E-state index in [2.05, 4.69) is 9.68 Å². The molecule has 0 radical (unpaired) electrons. The average Bonchev–Trinajstić information content (AvgIpc) is 2.63. The van der Waals surface area contributed by atoms with Gasteiger partial charge in [0.2, 0.25) is 5.89 Å². The molecule has 0 unspecified atom stereocenters. The van der Waals surface area contributed by atoms with Crippen molar-refractivity contribution >= 4 is 0 Å². The van der Waals surface area contributed by atoms with E-state index < -0.39 is 5.82 Å². The third kappa shape index (κ3) is 1.10. The Labute approximate surface area is 93.0 Å². The van der Waals surface area contributed by atoms with Crippen molar-refractivity contribution in [3.63, 3.8) is 0 Å². The van der Waals surface area contributed by atoms with Gasteiger partial charge in [-0.1, -0.05) is 0 Å². The third-order valence-corrected chi connectivity index (χ3v) is 4.88. The van der Waals surface area contributed by atoms with E-state index in [1.807, 2.05) is 0 Å². The first-order valence-corrected chi connectivity index (χ1v) is 6.21. The lowest BCUT2D eigenvalue weighted by Crippen LogP contribution is -2.48. The molecular weight excluding hydrogens is 206 g/mol. The molecule has 0 saturated heterocycles. The van der Waals surface area contributed by atoms with Crippen LogP contribution in [0.2, 0.25) is 0 Å². The van der Waals surface area contributed by atoms with Gasteiger partial charge < -0.3 is 4.42 Å². The molecule has 16 heavy (non-hydrogen) atoms. The number of aromatic nitrogens is 1. The minimum atomic E-state index is -0.647. The van der Waals surface area contributed by atoms with Crippen LogP contribution in [-0.4, -0.2) is 5.16 Å². The van der Waals surface area contributed by atoms with Gasteiger partial charge in [-0.15, -0.1) is 0 Å². The molecule has 0 amide bonds. The summed E-state index contributed by atoms with van der Waals surface area (Å²) in [4.78, 5) is 11.0. The fourth-order valence-electron chi connectivity index (χ4n) is 4.77. The van der Waals surface area contributed by atoms with Crippen LogP contribution in [0, 0.1) is 17.8 Å². The van der Waals surface area contributed by atoms with Gasteiger partial charge in [0.05, 0.1) is 5.41 Å². The predicted octanol–water partition coefficient (Wildman–Crippen LogP) is 2.10. The fraction of sp³-hybridized carbons (Fsp3) is 0.833. The van der Waals surface area contributed by atoms with Gasteiger partial charge in [0.15, 0.2) is 0 Å². The summed E-state index contributed by atoms with van der Waals surface area (Å²) in [6, 6.07) is 0. The molecule has 0 N–H and O–H groups in total. The molecule has 0 aromatic carbocycles. The van der Waals surface area contributed by atoms with E-state index in [1.165, 1.54) is 19.3 Å². The second kappa shape index (κ2) is 2.79. The maximum Gasteiger partial charge on any atom is 0.542 e. The normalized spacial score (nSPS) is 45.1. The summed E-state index contributed by atoms with van der Waals surface area (Å²) in [5.74, 6) is 2.41. The largest absolute Gasteiger partial charge is 0.542 e. The van der Waals surface area contributed by atoms with E-state index in [4.69, 9.17) is 4.42 Å². The highest BCUT2D eigenvalue weighted by Crippen LogP contribution is 2.60. The Kier molecular flexibility index (Phi) is 1.57. The van der Waals surface area contributed by atoms with Crippen molar-refractivity contribution in [1.82, 2.24) is 5.16 Å². The van der Waals surface area contributed by atoms with Crippen LogP contribution in [0.5, 0.6) is 0 Å². The van der Waals surface area contributed by atoms with Crippen molar-refractivity contribution in [3.8, 4) is 0 Å². The van der Waals surface area contributed by atoms with Gasteiger partial charge in [-0.25, -0.2) is 4.79 Å². The predicted molar refractivity (Wildman–Crippen MR) is 54.9 cm³/mol. The zero-order chi connectivity index (χ0) is 10.8. The zero-order valence-corrected chi connectivity index (χ0v) is 9.15. The monoisotopic (exact) mass is 221 g/mol. The standard InChI is InChI=1S/C12H15NO3/c14-11-15-10(13-16-11)12-4-7-1-8(5-12)3-9(2-7)6-12/h7-9H,1-6H2. The van der Waals surface area contributed by atoms with Crippen LogP contribution in [-0.2, 0) is 5.41 Å². The Hall–Kier alpha value is -1.06. The van der Waals surface area contributed by atoms with Crippen LogP contribution in [0.15, 0.2) is 13.7 Å². The highest BCUT2D eigenvalue weighted by molar-refractivity contribution is 5.13. The molecule has 4 aliphatic carbocycles. The van der Waals surface area contributed by atoms with Crippen molar-refractivity contribution < 1.29 is 8.94 Å². The van der Waals surface area contributed by atoms with Gasteiger partial charge in [0, 0.05) is 0 Å². The molecule has 4 saturated carbocycles. The summed E-state index contributed by atoms with van der Waals surface area (Å²) in [5.41, 5.74) is 0.0426. The van der Waals surface area contributed by atoms with Gasteiger partial charge in [0.25, 0.3) is 0 Å². The molecule has 0 atom stereocenters. The Balaban J connectivity index is 1.79. The van der Waals surface area contributed by atoms with Crippen LogP contribution < -0.4 is 5.82 Å². The van der Waals surface area contributed by atoms with Gasteiger partial charge in [-0.05, 0) is 61.4 Å². The number of rotatable bonds is 1. The Morgan fingerprint density at radius 3 is 2.06 bits per heavy atom. The summed E-state index contributed by atoms with van der Waals surface area (Å²) in [7, 11) is 0. The van der Waals surface area contributed by atoms with Gasteiger partial charge in [-0.2, -0.15) is 0 Å². The second-order valence-corrected chi connectivity index (χ2v) is 6.04. The summed E-state index contributed by atoms with van der Waals surface area (Å²) in [5, 5.41) is 3.85. The first-order chi connectivity index (χ1) is 7.73. The van der Waals surface area contributed by atoms with E-state index in [-0.39, 0.29) is 5.41 Å². The van der Waals surface area contributed by atoms with Crippen LogP contribution in [0.1, 0.15) is 44.4 Å². The van der Waals surface area contributed by atoms with E-state index >= 15 is 0 Å². The third-order valence-electron chi connectivity index (χ3n) is 4.88. The van der Waals surface area contributed by atoms with Gasteiger partial charge in [0.1, 0.15) is 0 Å². The molecule has 0 aliphatic heterocycles. The Morgan fingerprint density at radius 1 is 1.06 bits per heavy atom. The molecule has 4 fully saturated rings.